The van der Waals surface area contributed by atoms with Crippen LogP contribution in [0.25, 0.3) is 0 Å². The van der Waals surface area contributed by atoms with E-state index in [2.05, 4.69) is 34.9 Å². The second-order valence-electron chi connectivity index (χ2n) is 9.17. The Balaban J connectivity index is 1.81. The van der Waals surface area contributed by atoms with Crippen LogP contribution >= 0.6 is 0 Å². The first-order chi connectivity index (χ1) is 13.9. The van der Waals surface area contributed by atoms with Gasteiger partial charge in [0.05, 0.1) is 20.3 Å². The number of anilines is 1. The predicted octanol–water partition coefficient (Wildman–Crippen LogP) is 2.10. The Morgan fingerprint density at radius 1 is 1.31 bits per heavy atom. The van der Waals surface area contributed by atoms with Gasteiger partial charge in [0.25, 0.3) is 0 Å². The van der Waals surface area contributed by atoms with Crippen molar-refractivity contribution >= 4 is 11.7 Å². The van der Waals surface area contributed by atoms with Gasteiger partial charge in [0, 0.05) is 42.2 Å². The molecule has 3 aliphatic heterocycles. The van der Waals surface area contributed by atoms with Gasteiger partial charge >= 0.3 is 5.97 Å². The molecule has 4 aliphatic rings. The highest BCUT2D eigenvalue weighted by atomic mass is 16.5. The van der Waals surface area contributed by atoms with Crippen LogP contribution in [0.2, 0.25) is 0 Å². The van der Waals surface area contributed by atoms with E-state index in [-0.39, 0.29) is 22.9 Å². The maximum atomic E-state index is 13.1. The van der Waals surface area contributed by atoms with Crippen LogP contribution in [-0.4, -0.2) is 68.0 Å². The first-order valence-corrected chi connectivity index (χ1v) is 10.5. The SMILES string of the molecule is CC[C@]12C=CCN3CC[C@]4(c5ccc(OC)cc5N(C)[C@H]4[C@@](O)(C(=O)OC)C1)[C@@H]32. The van der Waals surface area contributed by atoms with Gasteiger partial charge in [-0.2, -0.15) is 0 Å². The number of likely N-dealkylation sites (N-methyl/N-ethyl adjacent to an activating group) is 1. The van der Waals surface area contributed by atoms with Gasteiger partial charge in [-0.3, -0.25) is 4.90 Å². The van der Waals surface area contributed by atoms with Crippen LogP contribution < -0.4 is 9.64 Å². The number of carbonyl (C=O) groups is 1. The van der Waals surface area contributed by atoms with Crippen molar-refractivity contribution in [1.29, 1.82) is 0 Å². The van der Waals surface area contributed by atoms with Gasteiger partial charge in [-0.25, -0.2) is 4.79 Å². The lowest BCUT2D eigenvalue weighted by atomic mass is 9.49. The van der Waals surface area contributed by atoms with E-state index < -0.39 is 11.6 Å². The zero-order valence-corrected chi connectivity index (χ0v) is 17.6. The predicted molar refractivity (Wildman–Crippen MR) is 110 cm³/mol. The molecule has 1 saturated carbocycles. The van der Waals surface area contributed by atoms with Crippen molar-refractivity contribution in [2.75, 3.05) is 39.3 Å². The highest BCUT2D eigenvalue weighted by Gasteiger charge is 2.75. The minimum atomic E-state index is -1.58. The normalized spacial score (nSPS) is 39.7. The molecule has 29 heavy (non-hydrogen) atoms. The minimum absolute atomic E-state index is 0.247. The lowest BCUT2D eigenvalue weighted by molar-refractivity contribution is -0.181. The Kier molecular flexibility index (Phi) is 3.91. The number of carbonyl (C=O) groups excluding carboxylic acids is 1. The number of aliphatic hydroxyl groups is 1. The Hall–Kier alpha value is -2.05. The van der Waals surface area contributed by atoms with Crippen molar-refractivity contribution in [2.45, 2.75) is 49.3 Å². The number of esters is 1. The number of ether oxygens (including phenoxy) is 2. The summed E-state index contributed by atoms with van der Waals surface area (Å²) in [6.07, 6.45) is 6.64. The summed E-state index contributed by atoms with van der Waals surface area (Å²) in [6.45, 7) is 4.06. The Morgan fingerprint density at radius 2 is 2.10 bits per heavy atom. The molecule has 6 heteroatoms. The molecule has 1 spiro atoms. The first-order valence-electron chi connectivity index (χ1n) is 10.5. The van der Waals surface area contributed by atoms with E-state index in [1.54, 1.807) is 7.11 Å². The molecule has 0 bridgehead atoms. The number of benzene rings is 1. The van der Waals surface area contributed by atoms with Crippen molar-refractivity contribution in [1.82, 2.24) is 4.90 Å². The molecule has 2 fully saturated rings. The van der Waals surface area contributed by atoms with Crippen LogP contribution in [0.4, 0.5) is 5.69 Å². The summed E-state index contributed by atoms with van der Waals surface area (Å²) >= 11 is 0. The molecule has 1 aromatic rings. The van der Waals surface area contributed by atoms with Crippen LogP contribution in [0.3, 0.4) is 0 Å². The van der Waals surface area contributed by atoms with Crippen LogP contribution in [0.5, 0.6) is 5.75 Å². The largest absolute Gasteiger partial charge is 0.497 e. The van der Waals surface area contributed by atoms with Gasteiger partial charge in [-0.05, 0) is 37.4 Å². The molecule has 1 aromatic carbocycles. The van der Waals surface area contributed by atoms with Crippen molar-refractivity contribution < 1.29 is 19.4 Å². The monoisotopic (exact) mass is 398 g/mol. The standard InChI is InChI=1S/C23H30N2O4/c1-5-21-9-6-11-25-12-10-22(18(21)25)16-8-7-15(28-3)13-17(16)24(2)19(22)23(27,14-21)20(26)29-4/h6-9,13,18-19,27H,5,10-12,14H2,1-4H3/t18-,19+,21-,22-,23+/m0/s1. The first kappa shape index (κ1) is 18.9. The summed E-state index contributed by atoms with van der Waals surface area (Å²) in [5, 5.41) is 12.0. The summed E-state index contributed by atoms with van der Waals surface area (Å²) < 4.78 is 10.7. The Labute approximate surface area is 172 Å². The number of nitrogens with zero attached hydrogens (tertiary/aromatic N) is 2. The Bertz CT molecular complexity index is 901. The number of fused-ring (bicyclic) bond motifs is 1. The molecule has 0 aromatic heterocycles. The number of hydrogen-bond donors (Lipinski definition) is 1. The van der Waals surface area contributed by atoms with Gasteiger partial charge in [-0.1, -0.05) is 25.1 Å². The van der Waals surface area contributed by atoms with E-state index in [9.17, 15) is 9.90 Å². The maximum absolute atomic E-state index is 13.1. The second kappa shape index (κ2) is 5.99. The second-order valence-corrected chi connectivity index (χ2v) is 9.17. The highest BCUT2D eigenvalue weighted by Crippen LogP contribution is 2.66. The fraction of sp³-hybridized carbons (Fsp3) is 0.609. The third kappa shape index (κ3) is 2.06. The smallest absolute Gasteiger partial charge is 0.340 e. The van der Waals surface area contributed by atoms with Gasteiger partial charge in [-0.15, -0.1) is 0 Å². The maximum Gasteiger partial charge on any atom is 0.340 e. The number of methoxy groups -OCH3 is 2. The summed E-state index contributed by atoms with van der Waals surface area (Å²) in [5.74, 6) is 0.254. The van der Waals surface area contributed by atoms with E-state index in [0.717, 1.165) is 37.4 Å². The average Bonchev–Trinajstić information content (AvgIpc) is 3.25. The van der Waals surface area contributed by atoms with E-state index in [1.165, 1.54) is 12.7 Å². The zero-order valence-electron chi connectivity index (χ0n) is 17.6. The van der Waals surface area contributed by atoms with Crippen LogP contribution in [-0.2, 0) is 14.9 Å². The third-order valence-corrected chi connectivity index (χ3v) is 8.21. The minimum Gasteiger partial charge on any atom is -0.497 e. The molecule has 0 amide bonds. The Morgan fingerprint density at radius 3 is 2.79 bits per heavy atom. The van der Waals surface area contributed by atoms with Crippen LogP contribution in [0.15, 0.2) is 30.4 Å². The molecule has 156 valence electrons. The van der Waals surface area contributed by atoms with Crippen molar-refractivity contribution in [2.24, 2.45) is 5.41 Å². The number of hydrogen-bond acceptors (Lipinski definition) is 6. The summed E-state index contributed by atoms with van der Waals surface area (Å²) in [4.78, 5) is 17.8. The lowest BCUT2D eigenvalue weighted by Gasteiger charge is -2.60. The van der Waals surface area contributed by atoms with Gasteiger partial charge in [0.15, 0.2) is 5.60 Å². The molecular formula is C23H30N2O4. The van der Waals surface area contributed by atoms with E-state index in [4.69, 9.17) is 9.47 Å². The number of rotatable bonds is 3. The molecule has 6 nitrogen and oxygen atoms in total. The van der Waals surface area contributed by atoms with Crippen LogP contribution in [0.1, 0.15) is 31.7 Å². The quantitative estimate of drug-likeness (QED) is 0.622. The fourth-order valence-electron chi connectivity index (χ4n) is 7.33. The topological polar surface area (TPSA) is 62.2 Å². The molecule has 1 saturated heterocycles. The van der Waals surface area contributed by atoms with E-state index in [0.29, 0.717) is 6.42 Å². The molecule has 0 radical (unpaired) electrons. The summed E-state index contributed by atoms with van der Waals surface area (Å²) in [7, 11) is 5.03. The summed E-state index contributed by atoms with van der Waals surface area (Å²) in [6, 6.07) is 6.07. The fourth-order valence-corrected chi connectivity index (χ4v) is 7.33. The van der Waals surface area contributed by atoms with Crippen molar-refractivity contribution in [3.8, 4) is 5.75 Å². The molecule has 5 rings (SSSR count). The van der Waals surface area contributed by atoms with Crippen molar-refractivity contribution in [3.05, 3.63) is 35.9 Å². The molecular weight excluding hydrogens is 368 g/mol. The molecule has 0 unspecified atom stereocenters. The third-order valence-electron chi connectivity index (χ3n) is 8.21. The molecule has 5 atom stereocenters. The van der Waals surface area contributed by atoms with E-state index in [1.807, 2.05) is 19.2 Å². The van der Waals surface area contributed by atoms with Gasteiger partial charge < -0.3 is 19.5 Å². The van der Waals surface area contributed by atoms with Gasteiger partial charge in [0.2, 0.25) is 0 Å². The van der Waals surface area contributed by atoms with Crippen molar-refractivity contribution in [3.63, 3.8) is 0 Å². The van der Waals surface area contributed by atoms with E-state index >= 15 is 0 Å². The zero-order chi connectivity index (χ0) is 20.6. The van der Waals surface area contributed by atoms with Gasteiger partial charge in [0.1, 0.15) is 5.75 Å². The summed E-state index contributed by atoms with van der Waals surface area (Å²) in [5.41, 5.74) is 0.0721. The van der Waals surface area contributed by atoms with Crippen LogP contribution in [0, 0.1) is 5.41 Å². The molecule has 1 aliphatic carbocycles. The average molecular weight is 399 g/mol. The highest BCUT2D eigenvalue weighted by molar-refractivity contribution is 5.85. The molecule has 3 heterocycles. The lowest BCUT2D eigenvalue weighted by Crippen LogP contribution is -2.74. The molecule has 1 N–H and O–H groups in total.